The summed E-state index contributed by atoms with van der Waals surface area (Å²) in [6.45, 7) is 0.583. The number of hydrogen-bond acceptors (Lipinski definition) is 2. The smallest absolute Gasteiger partial charge is 0.407 e. The SMILES string of the molecule is O=C(O)N1CCCC1c1cn2cccc(-c3ccccc3)c2n1. The lowest BCUT2D eigenvalue weighted by atomic mass is 10.1. The summed E-state index contributed by atoms with van der Waals surface area (Å²) in [6.07, 6.45) is 4.76. The van der Waals surface area contributed by atoms with E-state index in [0.29, 0.717) is 6.54 Å². The third-order valence-electron chi connectivity index (χ3n) is 4.43. The third kappa shape index (κ3) is 2.34. The lowest BCUT2D eigenvalue weighted by molar-refractivity contribution is 0.139. The molecule has 1 fully saturated rings. The molecular formula is C18H17N3O2. The van der Waals surface area contributed by atoms with Crippen LogP contribution >= 0.6 is 0 Å². The van der Waals surface area contributed by atoms with Gasteiger partial charge in [-0.05, 0) is 30.5 Å². The summed E-state index contributed by atoms with van der Waals surface area (Å²) in [5.41, 5.74) is 3.86. The zero-order valence-electron chi connectivity index (χ0n) is 12.6. The minimum Gasteiger partial charge on any atom is -0.465 e. The Morgan fingerprint density at radius 2 is 2.00 bits per heavy atom. The van der Waals surface area contributed by atoms with Crippen molar-refractivity contribution in [1.82, 2.24) is 14.3 Å². The molecule has 2 aromatic heterocycles. The number of carbonyl (C=O) groups is 1. The molecule has 0 radical (unpaired) electrons. The fourth-order valence-electron chi connectivity index (χ4n) is 3.34. The van der Waals surface area contributed by atoms with E-state index in [1.807, 2.05) is 47.1 Å². The number of rotatable bonds is 2. The van der Waals surface area contributed by atoms with Crippen LogP contribution in [0.5, 0.6) is 0 Å². The van der Waals surface area contributed by atoms with Crippen molar-refractivity contribution < 1.29 is 9.90 Å². The first-order chi connectivity index (χ1) is 11.2. The minimum atomic E-state index is -0.868. The maximum Gasteiger partial charge on any atom is 0.407 e. The van der Waals surface area contributed by atoms with Crippen molar-refractivity contribution in [2.75, 3.05) is 6.54 Å². The van der Waals surface area contributed by atoms with Crippen molar-refractivity contribution >= 4 is 11.7 Å². The van der Waals surface area contributed by atoms with Crippen LogP contribution in [0.1, 0.15) is 24.6 Å². The number of nitrogens with zero attached hydrogens (tertiary/aromatic N) is 3. The fourth-order valence-corrected chi connectivity index (χ4v) is 3.34. The van der Waals surface area contributed by atoms with Crippen LogP contribution in [0, 0.1) is 0 Å². The molecule has 1 amide bonds. The first kappa shape index (κ1) is 13.8. The van der Waals surface area contributed by atoms with Gasteiger partial charge in [0.25, 0.3) is 0 Å². The number of likely N-dealkylation sites (tertiary alicyclic amines) is 1. The standard InChI is InChI=1S/C18H17N3O2/c22-18(23)21-11-5-9-16(21)15-12-20-10-4-8-14(17(20)19-15)13-6-2-1-3-7-13/h1-4,6-8,10,12,16H,5,9,11H2,(H,22,23). The molecule has 1 atom stereocenters. The summed E-state index contributed by atoms with van der Waals surface area (Å²) >= 11 is 0. The molecule has 1 unspecified atom stereocenters. The van der Waals surface area contributed by atoms with Gasteiger partial charge < -0.3 is 9.51 Å². The van der Waals surface area contributed by atoms with Gasteiger partial charge in [-0.25, -0.2) is 9.78 Å². The Morgan fingerprint density at radius 3 is 2.78 bits per heavy atom. The van der Waals surface area contributed by atoms with Gasteiger partial charge in [-0.2, -0.15) is 0 Å². The zero-order valence-corrected chi connectivity index (χ0v) is 12.6. The average Bonchev–Trinajstić information content (AvgIpc) is 3.21. The maximum absolute atomic E-state index is 11.4. The van der Waals surface area contributed by atoms with E-state index in [1.165, 1.54) is 4.90 Å². The number of carboxylic acid groups (broad SMARTS) is 1. The Bertz CT molecular complexity index is 857. The normalized spacial score (nSPS) is 17.7. The molecule has 23 heavy (non-hydrogen) atoms. The Kier molecular flexibility index (Phi) is 3.26. The van der Waals surface area contributed by atoms with Crippen LogP contribution in [-0.2, 0) is 0 Å². The second-order valence-corrected chi connectivity index (χ2v) is 5.82. The molecular weight excluding hydrogens is 290 g/mol. The highest BCUT2D eigenvalue weighted by atomic mass is 16.4. The Labute approximate surface area is 133 Å². The largest absolute Gasteiger partial charge is 0.465 e. The van der Waals surface area contributed by atoms with E-state index in [0.717, 1.165) is 35.3 Å². The molecule has 0 spiro atoms. The van der Waals surface area contributed by atoms with Crippen LogP contribution in [0.2, 0.25) is 0 Å². The number of hydrogen-bond donors (Lipinski definition) is 1. The summed E-state index contributed by atoms with van der Waals surface area (Å²) in [4.78, 5) is 17.6. The van der Waals surface area contributed by atoms with Crippen molar-refractivity contribution in [3.05, 3.63) is 60.6 Å². The highest BCUT2D eigenvalue weighted by Gasteiger charge is 2.31. The van der Waals surface area contributed by atoms with E-state index in [1.54, 1.807) is 0 Å². The molecule has 1 N–H and O–H groups in total. The average molecular weight is 307 g/mol. The van der Waals surface area contributed by atoms with Gasteiger partial charge in [-0.15, -0.1) is 0 Å². The van der Waals surface area contributed by atoms with Crippen LogP contribution in [0.25, 0.3) is 16.8 Å². The van der Waals surface area contributed by atoms with E-state index in [-0.39, 0.29) is 6.04 Å². The van der Waals surface area contributed by atoms with Gasteiger partial charge in [0, 0.05) is 24.5 Å². The number of imidazole rings is 1. The van der Waals surface area contributed by atoms with Gasteiger partial charge in [0.1, 0.15) is 5.65 Å². The second kappa shape index (κ2) is 5.43. The molecule has 5 heteroatoms. The third-order valence-corrected chi connectivity index (χ3v) is 4.43. The van der Waals surface area contributed by atoms with Gasteiger partial charge in [-0.3, -0.25) is 4.90 Å². The summed E-state index contributed by atoms with van der Waals surface area (Å²) < 4.78 is 1.98. The number of fused-ring (bicyclic) bond motifs is 1. The molecule has 3 heterocycles. The van der Waals surface area contributed by atoms with Crippen LogP contribution in [0.4, 0.5) is 4.79 Å². The Morgan fingerprint density at radius 1 is 1.17 bits per heavy atom. The van der Waals surface area contributed by atoms with Gasteiger partial charge in [0.15, 0.2) is 0 Å². The monoisotopic (exact) mass is 307 g/mol. The number of pyridine rings is 1. The van der Waals surface area contributed by atoms with Crippen molar-refractivity contribution in [3.8, 4) is 11.1 Å². The molecule has 4 rings (SSSR count). The van der Waals surface area contributed by atoms with Crippen LogP contribution in [0.15, 0.2) is 54.9 Å². The topological polar surface area (TPSA) is 57.8 Å². The molecule has 116 valence electrons. The van der Waals surface area contributed by atoms with Crippen LogP contribution in [0.3, 0.4) is 0 Å². The molecule has 3 aromatic rings. The quantitative estimate of drug-likeness (QED) is 0.783. The Hall–Kier alpha value is -2.82. The van der Waals surface area contributed by atoms with Crippen LogP contribution < -0.4 is 0 Å². The van der Waals surface area contributed by atoms with E-state index in [4.69, 9.17) is 4.98 Å². The van der Waals surface area contributed by atoms with Gasteiger partial charge >= 0.3 is 6.09 Å². The first-order valence-electron chi connectivity index (χ1n) is 7.76. The van der Waals surface area contributed by atoms with Gasteiger partial charge in [0.05, 0.1) is 11.7 Å². The first-order valence-corrected chi connectivity index (χ1v) is 7.76. The van der Waals surface area contributed by atoms with Crippen molar-refractivity contribution in [1.29, 1.82) is 0 Å². The van der Waals surface area contributed by atoms with Crippen molar-refractivity contribution in [3.63, 3.8) is 0 Å². The molecule has 5 nitrogen and oxygen atoms in total. The highest BCUT2D eigenvalue weighted by Crippen LogP contribution is 2.33. The van der Waals surface area contributed by atoms with E-state index < -0.39 is 6.09 Å². The van der Waals surface area contributed by atoms with Crippen LogP contribution in [-0.4, -0.2) is 32.0 Å². The molecule has 0 aliphatic carbocycles. The molecule has 1 aliphatic heterocycles. The minimum absolute atomic E-state index is 0.143. The predicted molar refractivity (Wildman–Crippen MR) is 87.3 cm³/mol. The molecule has 0 bridgehead atoms. The lowest BCUT2D eigenvalue weighted by Crippen LogP contribution is -2.28. The number of aromatic nitrogens is 2. The lowest BCUT2D eigenvalue weighted by Gasteiger charge is -2.19. The summed E-state index contributed by atoms with van der Waals surface area (Å²) in [5, 5.41) is 9.34. The summed E-state index contributed by atoms with van der Waals surface area (Å²) in [5.74, 6) is 0. The van der Waals surface area contributed by atoms with E-state index >= 15 is 0 Å². The van der Waals surface area contributed by atoms with Crippen molar-refractivity contribution in [2.45, 2.75) is 18.9 Å². The second-order valence-electron chi connectivity index (χ2n) is 5.82. The summed E-state index contributed by atoms with van der Waals surface area (Å²) in [7, 11) is 0. The fraction of sp³-hybridized carbons (Fsp3) is 0.222. The molecule has 1 aliphatic rings. The molecule has 1 aromatic carbocycles. The summed E-state index contributed by atoms with van der Waals surface area (Å²) in [6, 6.07) is 14.0. The van der Waals surface area contributed by atoms with E-state index in [2.05, 4.69) is 12.1 Å². The number of benzene rings is 1. The number of amides is 1. The van der Waals surface area contributed by atoms with Crippen molar-refractivity contribution in [2.24, 2.45) is 0 Å². The highest BCUT2D eigenvalue weighted by molar-refractivity contribution is 5.77. The van der Waals surface area contributed by atoms with Gasteiger partial charge in [0.2, 0.25) is 0 Å². The maximum atomic E-state index is 11.4. The predicted octanol–water partition coefficient (Wildman–Crippen LogP) is 3.82. The molecule has 1 saturated heterocycles. The van der Waals surface area contributed by atoms with E-state index in [9.17, 15) is 9.90 Å². The zero-order chi connectivity index (χ0) is 15.8. The Balaban J connectivity index is 1.81. The van der Waals surface area contributed by atoms with Gasteiger partial charge in [-0.1, -0.05) is 30.3 Å². The molecule has 0 saturated carbocycles.